The number of rotatable bonds is 5. The van der Waals surface area contributed by atoms with Gasteiger partial charge in [-0.1, -0.05) is 39.0 Å². The number of carbonyl (C=O) groups is 1. The Balaban J connectivity index is 1.80. The maximum absolute atomic E-state index is 11.8. The van der Waals surface area contributed by atoms with Crippen LogP contribution in [0.4, 0.5) is 0 Å². The standard InChI is InChI=1S/C16H21NOS2/c1-16(2,3)20-11-15(18)17-9-8-12-10-19-14-7-5-4-6-13(12)14/h4-7,10H,8-9,11H2,1-3H3,(H,17,18). The highest BCUT2D eigenvalue weighted by Crippen LogP contribution is 2.25. The van der Waals surface area contributed by atoms with Crippen molar-refractivity contribution in [1.29, 1.82) is 0 Å². The average Bonchev–Trinajstić information content (AvgIpc) is 2.79. The molecule has 0 unspecified atom stereocenters. The van der Waals surface area contributed by atoms with E-state index in [1.165, 1.54) is 15.6 Å². The lowest BCUT2D eigenvalue weighted by atomic mass is 10.1. The molecule has 1 aromatic carbocycles. The van der Waals surface area contributed by atoms with E-state index in [0.717, 1.165) is 6.42 Å². The molecular formula is C16H21NOS2. The zero-order valence-electron chi connectivity index (χ0n) is 12.2. The minimum Gasteiger partial charge on any atom is -0.355 e. The molecule has 0 aliphatic heterocycles. The summed E-state index contributed by atoms with van der Waals surface area (Å²) in [5.41, 5.74) is 1.33. The highest BCUT2D eigenvalue weighted by Gasteiger charge is 2.13. The Morgan fingerprint density at radius 3 is 2.80 bits per heavy atom. The molecule has 0 aliphatic carbocycles. The van der Waals surface area contributed by atoms with E-state index >= 15 is 0 Å². The normalized spacial score (nSPS) is 11.8. The molecule has 2 rings (SSSR count). The lowest BCUT2D eigenvalue weighted by Crippen LogP contribution is -2.28. The molecule has 0 spiro atoms. The number of thioether (sulfide) groups is 1. The molecule has 0 fully saturated rings. The lowest BCUT2D eigenvalue weighted by Gasteiger charge is -2.16. The molecule has 0 saturated carbocycles. The van der Waals surface area contributed by atoms with Crippen LogP contribution in [0.3, 0.4) is 0 Å². The quantitative estimate of drug-likeness (QED) is 0.901. The van der Waals surface area contributed by atoms with E-state index in [-0.39, 0.29) is 10.7 Å². The molecule has 1 aromatic heterocycles. The van der Waals surface area contributed by atoms with Crippen molar-refractivity contribution in [2.45, 2.75) is 31.9 Å². The van der Waals surface area contributed by atoms with Gasteiger partial charge in [-0.3, -0.25) is 4.79 Å². The van der Waals surface area contributed by atoms with Gasteiger partial charge < -0.3 is 5.32 Å². The Hall–Kier alpha value is -1.00. The van der Waals surface area contributed by atoms with Crippen molar-refractivity contribution in [3.8, 4) is 0 Å². The fourth-order valence-electron chi connectivity index (χ4n) is 1.90. The number of amides is 1. The van der Waals surface area contributed by atoms with Gasteiger partial charge >= 0.3 is 0 Å². The molecule has 1 N–H and O–H groups in total. The average molecular weight is 307 g/mol. The molecule has 0 aliphatic rings. The van der Waals surface area contributed by atoms with Crippen LogP contribution in [0.5, 0.6) is 0 Å². The van der Waals surface area contributed by atoms with Crippen molar-refractivity contribution in [2.24, 2.45) is 0 Å². The van der Waals surface area contributed by atoms with Crippen molar-refractivity contribution in [3.63, 3.8) is 0 Å². The summed E-state index contributed by atoms with van der Waals surface area (Å²) in [6.45, 7) is 7.09. The second-order valence-electron chi connectivity index (χ2n) is 5.76. The summed E-state index contributed by atoms with van der Waals surface area (Å²) >= 11 is 3.45. The summed E-state index contributed by atoms with van der Waals surface area (Å²) in [6, 6.07) is 8.42. The molecule has 0 bridgehead atoms. The highest BCUT2D eigenvalue weighted by molar-refractivity contribution is 8.01. The first-order chi connectivity index (χ1) is 9.46. The van der Waals surface area contributed by atoms with Crippen molar-refractivity contribution < 1.29 is 4.79 Å². The van der Waals surface area contributed by atoms with Crippen LogP contribution in [0, 0.1) is 0 Å². The molecule has 4 heteroatoms. The molecule has 2 aromatic rings. The third-order valence-electron chi connectivity index (χ3n) is 2.91. The number of fused-ring (bicyclic) bond motifs is 1. The van der Waals surface area contributed by atoms with Crippen LogP contribution in [0.2, 0.25) is 0 Å². The highest BCUT2D eigenvalue weighted by atomic mass is 32.2. The molecule has 20 heavy (non-hydrogen) atoms. The number of thiophene rings is 1. The van der Waals surface area contributed by atoms with Gasteiger partial charge in [-0.05, 0) is 28.8 Å². The topological polar surface area (TPSA) is 29.1 Å². The van der Waals surface area contributed by atoms with Crippen molar-refractivity contribution in [1.82, 2.24) is 5.32 Å². The summed E-state index contributed by atoms with van der Waals surface area (Å²) in [6.07, 6.45) is 0.899. The van der Waals surface area contributed by atoms with Gasteiger partial charge in [0, 0.05) is 16.0 Å². The van der Waals surface area contributed by atoms with Crippen molar-refractivity contribution in [2.75, 3.05) is 12.3 Å². The monoisotopic (exact) mass is 307 g/mol. The summed E-state index contributed by atoms with van der Waals surface area (Å²) in [5.74, 6) is 0.665. The van der Waals surface area contributed by atoms with E-state index in [4.69, 9.17) is 0 Å². The van der Waals surface area contributed by atoms with Crippen LogP contribution >= 0.6 is 23.1 Å². The summed E-state index contributed by atoms with van der Waals surface area (Å²) in [7, 11) is 0. The van der Waals surface area contributed by atoms with Gasteiger partial charge in [0.1, 0.15) is 0 Å². The van der Waals surface area contributed by atoms with Crippen LogP contribution in [-0.4, -0.2) is 23.0 Å². The third kappa shape index (κ3) is 4.53. The van der Waals surface area contributed by atoms with Gasteiger partial charge in [0.05, 0.1) is 5.75 Å². The summed E-state index contributed by atoms with van der Waals surface area (Å²) in [5, 5.41) is 6.51. The molecular weight excluding hydrogens is 286 g/mol. The first kappa shape index (κ1) is 15.4. The maximum Gasteiger partial charge on any atom is 0.230 e. The maximum atomic E-state index is 11.8. The van der Waals surface area contributed by atoms with Crippen LogP contribution < -0.4 is 5.32 Å². The van der Waals surface area contributed by atoms with E-state index in [2.05, 4.69) is 55.7 Å². The van der Waals surface area contributed by atoms with E-state index < -0.39 is 0 Å². The Morgan fingerprint density at radius 2 is 2.05 bits per heavy atom. The number of benzene rings is 1. The second-order valence-corrected chi connectivity index (χ2v) is 8.47. The van der Waals surface area contributed by atoms with Gasteiger partial charge in [0.2, 0.25) is 5.91 Å². The summed E-state index contributed by atoms with van der Waals surface area (Å²) < 4.78 is 1.46. The first-order valence-electron chi connectivity index (χ1n) is 6.81. The van der Waals surface area contributed by atoms with Crippen LogP contribution in [-0.2, 0) is 11.2 Å². The van der Waals surface area contributed by atoms with Gasteiger partial charge in [0.15, 0.2) is 0 Å². The van der Waals surface area contributed by atoms with Gasteiger partial charge in [0.25, 0.3) is 0 Å². The Kier molecular flexibility index (Phi) is 5.11. The van der Waals surface area contributed by atoms with Crippen LogP contribution in [0.15, 0.2) is 29.6 Å². The van der Waals surface area contributed by atoms with Gasteiger partial charge in [-0.15, -0.1) is 23.1 Å². The molecule has 0 saturated heterocycles. The zero-order valence-corrected chi connectivity index (χ0v) is 13.9. The fraction of sp³-hybridized carbons (Fsp3) is 0.438. The smallest absolute Gasteiger partial charge is 0.230 e. The third-order valence-corrected chi connectivity index (χ3v) is 5.20. The molecule has 2 nitrogen and oxygen atoms in total. The molecule has 0 atom stereocenters. The fourth-order valence-corrected chi connectivity index (χ4v) is 3.56. The molecule has 108 valence electrons. The minimum absolute atomic E-state index is 0.129. The Labute approximate surface area is 129 Å². The molecule has 0 radical (unpaired) electrons. The number of hydrogen-bond donors (Lipinski definition) is 1. The van der Waals surface area contributed by atoms with Crippen molar-refractivity contribution >= 4 is 39.1 Å². The van der Waals surface area contributed by atoms with E-state index in [9.17, 15) is 4.79 Å². The predicted octanol–water partition coefficient (Wildman–Crippen LogP) is 4.09. The largest absolute Gasteiger partial charge is 0.355 e. The lowest BCUT2D eigenvalue weighted by molar-refractivity contribution is -0.118. The number of carbonyl (C=O) groups excluding carboxylic acids is 1. The van der Waals surface area contributed by atoms with E-state index in [1.807, 2.05) is 0 Å². The van der Waals surface area contributed by atoms with Gasteiger partial charge in [-0.2, -0.15) is 0 Å². The minimum atomic E-state index is 0.129. The SMILES string of the molecule is CC(C)(C)SCC(=O)NCCc1csc2ccccc12. The number of hydrogen-bond acceptors (Lipinski definition) is 3. The Morgan fingerprint density at radius 1 is 1.30 bits per heavy atom. The molecule has 1 amide bonds. The molecule has 1 heterocycles. The van der Waals surface area contributed by atoms with Crippen molar-refractivity contribution in [3.05, 3.63) is 35.2 Å². The first-order valence-corrected chi connectivity index (χ1v) is 8.68. The van der Waals surface area contributed by atoms with Gasteiger partial charge in [-0.25, -0.2) is 0 Å². The zero-order chi connectivity index (χ0) is 14.6. The van der Waals surface area contributed by atoms with Crippen LogP contribution in [0.25, 0.3) is 10.1 Å². The van der Waals surface area contributed by atoms with Crippen LogP contribution in [0.1, 0.15) is 26.3 Å². The Bertz CT molecular complexity index is 583. The summed E-state index contributed by atoms with van der Waals surface area (Å²) in [4.78, 5) is 11.8. The van der Waals surface area contributed by atoms with E-state index in [0.29, 0.717) is 12.3 Å². The number of nitrogens with one attached hydrogen (secondary N) is 1. The predicted molar refractivity (Wildman–Crippen MR) is 90.7 cm³/mol. The van der Waals surface area contributed by atoms with E-state index in [1.54, 1.807) is 23.1 Å². The second kappa shape index (κ2) is 6.64.